The molecule has 2 unspecified atom stereocenters. The van der Waals surface area contributed by atoms with E-state index in [0.717, 1.165) is 50.3 Å². The Morgan fingerprint density at radius 3 is 1.20 bits per heavy atom. The standard InChI is InChI=1S/C41H84BrO6P/c1-3-5-7-9-11-13-15-17-19-21-23-25-28-32-36-45-39-41(40-48-49(43,44)47-38-34-30-27-31-35-42)46-37-33-29-26-24-22-20-18-16-14-12-10-8-6-4-2/h41H,3-40H2,1-2H3,(H,43,44). The Kier molecular flexibility index (Phi) is 41.7. The number of ether oxygens (including phenoxy) is 2. The van der Waals surface area contributed by atoms with Crippen LogP contribution in [0.15, 0.2) is 0 Å². The van der Waals surface area contributed by atoms with Crippen molar-refractivity contribution in [3.8, 4) is 0 Å². The first-order valence-electron chi connectivity index (χ1n) is 21.4. The summed E-state index contributed by atoms with van der Waals surface area (Å²) in [5, 5.41) is 0.984. The van der Waals surface area contributed by atoms with Crippen molar-refractivity contribution in [3.05, 3.63) is 0 Å². The number of rotatable bonds is 43. The third kappa shape index (κ3) is 41.1. The Bertz CT molecular complexity index is 670. The SMILES string of the molecule is CCCCCCCCCCCCCCCCOCC(COP(=O)(O)OCCCCCCBr)OCCCCCCCCCCCCCCCC. The van der Waals surface area contributed by atoms with Gasteiger partial charge < -0.3 is 14.4 Å². The Labute approximate surface area is 314 Å². The quantitative estimate of drug-likeness (QED) is 0.0377. The molecule has 0 aliphatic carbocycles. The zero-order valence-electron chi connectivity index (χ0n) is 32.8. The lowest BCUT2D eigenvalue weighted by Crippen LogP contribution is -2.26. The van der Waals surface area contributed by atoms with Crippen molar-refractivity contribution in [3.63, 3.8) is 0 Å². The van der Waals surface area contributed by atoms with E-state index in [-0.39, 0.29) is 19.3 Å². The molecule has 0 spiro atoms. The van der Waals surface area contributed by atoms with Crippen LogP contribution in [-0.2, 0) is 23.1 Å². The lowest BCUT2D eigenvalue weighted by molar-refractivity contribution is -0.0444. The number of unbranched alkanes of at least 4 members (excludes halogenated alkanes) is 29. The minimum Gasteiger partial charge on any atom is -0.379 e. The Hall–Kier alpha value is 0.510. The highest BCUT2D eigenvalue weighted by molar-refractivity contribution is 9.09. The van der Waals surface area contributed by atoms with E-state index in [4.69, 9.17) is 18.5 Å². The van der Waals surface area contributed by atoms with Crippen molar-refractivity contribution in [1.29, 1.82) is 0 Å². The number of alkyl halides is 1. The highest BCUT2D eigenvalue weighted by Crippen LogP contribution is 2.43. The van der Waals surface area contributed by atoms with Crippen molar-refractivity contribution in [1.82, 2.24) is 0 Å². The van der Waals surface area contributed by atoms with Crippen LogP contribution in [-0.4, -0.2) is 49.4 Å². The molecule has 1 N–H and O–H groups in total. The highest BCUT2D eigenvalue weighted by Gasteiger charge is 2.23. The van der Waals surface area contributed by atoms with Gasteiger partial charge in [-0.1, -0.05) is 210 Å². The van der Waals surface area contributed by atoms with E-state index in [0.29, 0.717) is 19.8 Å². The summed E-state index contributed by atoms with van der Waals surface area (Å²) in [4.78, 5) is 10.2. The molecule has 0 saturated carbocycles. The van der Waals surface area contributed by atoms with Gasteiger partial charge in [0, 0.05) is 18.5 Å². The van der Waals surface area contributed by atoms with Gasteiger partial charge in [0.05, 0.1) is 19.8 Å². The fourth-order valence-corrected chi connectivity index (χ4v) is 7.43. The minimum atomic E-state index is -4.10. The summed E-state index contributed by atoms with van der Waals surface area (Å²) in [5.74, 6) is 0. The molecule has 0 amide bonds. The van der Waals surface area contributed by atoms with Crippen molar-refractivity contribution < 1.29 is 28.0 Å². The maximum atomic E-state index is 12.5. The van der Waals surface area contributed by atoms with Crippen LogP contribution in [0.2, 0.25) is 0 Å². The van der Waals surface area contributed by atoms with E-state index in [1.54, 1.807) is 0 Å². The van der Waals surface area contributed by atoms with E-state index in [1.807, 2.05) is 0 Å². The van der Waals surface area contributed by atoms with Crippen LogP contribution in [0.25, 0.3) is 0 Å². The van der Waals surface area contributed by atoms with Gasteiger partial charge in [-0.15, -0.1) is 0 Å². The molecule has 0 bridgehead atoms. The number of phosphoric acid groups is 1. The Morgan fingerprint density at radius 2 is 0.796 bits per heavy atom. The first-order valence-corrected chi connectivity index (χ1v) is 24.0. The second-order valence-electron chi connectivity index (χ2n) is 14.5. The molecule has 296 valence electrons. The summed E-state index contributed by atoms with van der Waals surface area (Å²) < 4.78 is 35.1. The number of hydrogen-bond acceptors (Lipinski definition) is 5. The molecular formula is C41H84BrO6P. The molecule has 0 rings (SSSR count). The summed E-state index contributed by atoms with van der Waals surface area (Å²) in [6.07, 6.45) is 40.8. The molecular weight excluding hydrogens is 699 g/mol. The lowest BCUT2D eigenvalue weighted by atomic mass is 10.0. The van der Waals surface area contributed by atoms with Gasteiger partial charge in [-0.3, -0.25) is 9.05 Å². The summed E-state index contributed by atoms with van der Waals surface area (Å²) in [5.41, 5.74) is 0. The highest BCUT2D eigenvalue weighted by atomic mass is 79.9. The maximum absolute atomic E-state index is 12.5. The van der Waals surface area contributed by atoms with Gasteiger partial charge in [-0.25, -0.2) is 4.57 Å². The molecule has 0 aliphatic rings. The predicted octanol–water partition coefficient (Wildman–Crippen LogP) is 14.4. The molecule has 8 heteroatoms. The Balaban J connectivity index is 4.08. The Morgan fingerprint density at radius 1 is 0.449 bits per heavy atom. The van der Waals surface area contributed by atoms with Gasteiger partial charge in [0.1, 0.15) is 6.10 Å². The third-order valence-electron chi connectivity index (χ3n) is 9.50. The lowest BCUT2D eigenvalue weighted by Gasteiger charge is -2.20. The van der Waals surface area contributed by atoms with Crippen LogP contribution in [0, 0.1) is 0 Å². The average Bonchev–Trinajstić information content (AvgIpc) is 3.09. The van der Waals surface area contributed by atoms with Gasteiger partial charge in [0.15, 0.2) is 0 Å². The molecule has 0 radical (unpaired) electrons. The molecule has 0 aromatic heterocycles. The number of halogens is 1. The molecule has 0 fully saturated rings. The first kappa shape index (κ1) is 49.5. The third-order valence-corrected chi connectivity index (χ3v) is 11.0. The maximum Gasteiger partial charge on any atom is 0.472 e. The van der Waals surface area contributed by atoms with Crippen LogP contribution >= 0.6 is 23.8 Å². The van der Waals surface area contributed by atoms with Crippen molar-refractivity contribution in [2.45, 2.75) is 225 Å². The second kappa shape index (κ2) is 41.3. The fraction of sp³-hybridized carbons (Fsp3) is 1.00. The van der Waals surface area contributed by atoms with Crippen LogP contribution < -0.4 is 0 Å². The molecule has 0 saturated heterocycles. The summed E-state index contributed by atoms with van der Waals surface area (Å²) in [6.45, 7) is 6.50. The van der Waals surface area contributed by atoms with E-state index in [9.17, 15) is 9.46 Å². The second-order valence-corrected chi connectivity index (χ2v) is 16.7. The summed E-state index contributed by atoms with van der Waals surface area (Å²) >= 11 is 3.43. The molecule has 0 aliphatic heterocycles. The summed E-state index contributed by atoms with van der Waals surface area (Å²) in [6, 6.07) is 0. The topological polar surface area (TPSA) is 74.2 Å². The first-order chi connectivity index (χ1) is 24.1. The molecule has 0 aromatic carbocycles. The molecule has 0 heterocycles. The monoisotopic (exact) mass is 783 g/mol. The van der Waals surface area contributed by atoms with Gasteiger partial charge in [0.2, 0.25) is 0 Å². The van der Waals surface area contributed by atoms with Crippen molar-refractivity contribution >= 4 is 23.8 Å². The largest absolute Gasteiger partial charge is 0.472 e. The molecule has 0 aromatic rings. The average molecular weight is 784 g/mol. The smallest absolute Gasteiger partial charge is 0.379 e. The van der Waals surface area contributed by atoms with Gasteiger partial charge in [-0.2, -0.15) is 0 Å². The van der Waals surface area contributed by atoms with Crippen LogP contribution in [0.1, 0.15) is 219 Å². The molecule has 2 atom stereocenters. The zero-order valence-corrected chi connectivity index (χ0v) is 35.2. The normalized spacial score (nSPS) is 13.6. The number of hydrogen-bond donors (Lipinski definition) is 1. The van der Waals surface area contributed by atoms with E-state index in [1.165, 1.54) is 161 Å². The van der Waals surface area contributed by atoms with E-state index in [2.05, 4.69) is 29.8 Å². The van der Waals surface area contributed by atoms with Gasteiger partial charge in [-0.05, 0) is 25.7 Å². The fourth-order valence-electron chi connectivity index (χ4n) is 6.25. The van der Waals surface area contributed by atoms with Gasteiger partial charge in [0.25, 0.3) is 0 Å². The number of phosphoric ester groups is 1. The van der Waals surface area contributed by atoms with Crippen molar-refractivity contribution in [2.24, 2.45) is 0 Å². The predicted molar refractivity (Wildman–Crippen MR) is 215 cm³/mol. The minimum absolute atomic E-state index is 0.00864. The van der Waals surface area contributed by atoms with Crippen molar-refractivity contribution in [2.75, 3.05) is 38.4 Å². The molecule has 6 nitrogen and oxygen atoms in total. The van der Waals surface area contributed by atoms with Crippen LogP contribution in [0.5, 0.6) is 0 Å². The van der Waals surface area contributed by atoms with Crippen LogP contribution in [0.3, 0.4) is 0 Å². The summed E-state index contributed by atoms with van der Waals surface area (Å²) in [7, 11) is -4.10. The van der Waals surface area contributed by atoms with Gasteiger partial charge >= 0.3 is 7.82 Å². The van der Waals surface area contributed by atoms with E-state index >= 15 is 0 Å². The van der Waals surface area contributed by atoms with E-state index < -0.39 is 7.82 Å². The molecule has 49 heavy (non-hydrogen) atoms. The zero-order chi connectivity index (χ0) is 35.8. The van der Waals surface area contributed by atoms with Crippen LogP contribution in [0.4, 0.5) is 0 Å².